The van der Waals surface area contributed by atoms with E-state index in [0.717, 1.165) is 11.3 Å². The van der Waals surface area contributed by atoms with Crippen LogP contribution in [0.1, 0.15) is 47.1 Å². The molecule has 1 aromatic rings. The van der Waals surface area contributed by atoms with Gasteiger partial charge in [-0.3, -0.25) is 4.84 Å². The lowest BCUT2D eigenvalue weighted by atomic mass is 10.0. The van der Waals surface area contributed by atoms with Crippen LogP contribution < -0.4 is 4.74 Å². The van der Waals surface area contributed by atoms with Gasteiger partial charge in [-0.25, -0.2) is 4.79 Å². The first kappa shape index (κ1) is 28.4. The van der Waals surface area contributed by atoms with E-state index in [4.69, 9.17) is 14.0 Å². The Morgan fingerprint density at radius 1 is 1.09 bits per heavy atom. The number of benzene rings is 1. The van der Waals surface area contributed by atoms with Gasteiger partial charge in [0.15, 0.2) is 8.32 Å². The molecule has 2 atom stereocenters. The number of carboxylic acid groups (broad SMARTS) is 1. The van der Waals surface area contributed by atoms with Gasteiger partial charge < -0.3 is 19.2 Å². The summed E-state index contributed by atoms with van der Waals surface area (Å²) in [6, 6.07) is 8.00. The molecule has 0 saturated heterocycles. The zero-order valence-electron chi connectivity index (χ0n) is 21.6. The summed E-state index contributed by atoms with van der Waals surface area (Å²) in [6.07, 6.45) is -1.17. The summed E-state index contributed by atoms with van der Waals surface area (Å²) in [4.78, 5) is 19.0. The zero-order valence-corrected chi connectivity index (χ0v) is 22.6. The molecule has 0 saturated carbocycles. The second kappa shape index (κ2) is 12.0. The van der Waals surface area contributed by atoms with E-state index in [1.165, 1.54) is 4.90 Å². The smallest absolute Gasteiger partial charge is 0.407 e. The minimum absolute atomic E-state index is 0.0371. The molecule has 0 spiro atoms. The third-order valence-corrected chi connectivity index (χ3v) is 10.8. The van der Waals surface area contributed by atoms with Gasteiger partial charge in [0, 0.05) is 26.2 Å². The highest BCUT2D eigenvalue weighted by Crippen LogP contribution is 2.38. The van der Waals surface area contributed by atoms with Gasteiger partial charge >= 0.3 is 6.09 Å². The van der Waals surface area contributed by atoms with Gasteiger partial charge in [-0.2, -0.15) is 5.06 Å². The van der Waals surface area contributed by atoms with Crippen molar-refractivity contribution >= 4 is 14.4 Å². The van der Waals surface area contributed by atoms with Gasteiger partial charge in [-0.1, -0.05) is 39.8 Å². The van der Waals surface area contributed by atoms with Crippen molar-refractivity contribution in [3.8, 4) is 5.75 Å². The third-order valence-electron chi connectivity index (χ3n) is 6.27. The minimum atomic E-state index is -2.08. The van der Waals surface area contributed by atoms with Gasteiger partial charge in [0.25, 0.3) is 0 Å². The van der Waals surface area contributed by atoms with Crippen molar-refractivity contribution in [2.75, 3.05) is 27.2 Å². The molecular weight excluding hydrogens is 424 g/mol. The molecule has 184 valence electrons. The summed E-state index contributed by atoms with van der Waals surface area (Å²) in [6.45, 7) is 18.7. The molecule has 1 N–H and O–H groups in total. The molecule has 7 nitrogen and oxygen atoms in total. The molecule has 0 aliphatic heterocycles. The van der Waals surface area contributed by atoms with Gasteiger partial charge in [0.05, 0.1) is 19.8 Å². The van der Waals surface area contributed by atoms with Gasteiger partial charge in [0.2, 0.25) is 0 Å². The topological polar surface area (TPSA) is 71.5 Å². The number of hydrogen-bond acceptors (Lipinski definition) is 5. The molecule has 0 radical (unpaired) electrons. The summed E-state index contributed by atoms with van der Waals surface area (Å²) in [7, 11) is 1.16. The van der Waals surface area contributed by atoms with E-state index in [2.05, 4.69) is 54.6 Å². The van der Waals surface area contributed by atoms with Crippen LogP contribution in [-0.4, -0.2) is 68.9 Å². The molecule has 0 fully saturated rings. The second-order valence-electron chi connectivity index (χ2n) is 10.4. The minimum Gasteiger partial charge on any atom is -0.497 e. The Balaban J connectivity index is 2.93. The first-order valence-electron chi connectivity index (χ1n) is 11.3. The number of ether oxygens (including phenoxy) is 1. The molecule has 0 heterocycles. The van der Waals surface area contributed by atoms with Crippen LogP contribution in [0, 0.1) is 5.92 Å². The lowest BCUT2D eigenvalue weighted by molar-refractivity contribution is -0.199. The number of likely N-dealkylation sites (N-methyl/N-ethyl adjacent to an activating group) is 1. The molecule has 1 aromatic carbocycles. The first-order valence-corrected chi connectivity index (χ1v) is 14.2. The third kappa shape index (κ3) is 8.73. The van der Waals surface area contributed by atoms with Crippen LogP contribution in [0.3, 0.4) is 0 Å². The number of nitrogens with zero attached hydrogens (tertiary/aromatic N) is 2. The van der Waals surface area contributed by atoms with Crippen LogP contribution >= 0.6 is 0 Å². The van der Waals surface area contributed by atoms with Crippen molar-refractivity contribution in [2.24, 2.45) is 5.92 Å². The van der Waals surface area contributed by atoms with E-state index in [0.29, 0.717) is 19.7 Å². The van der Waals surface area contributed by atoms with Gasteiger partial charge in [-0.05, 0) is 55.6 Å². The monoisotopic (exact) mass is 468 g/mol. The van der Waals surface area contributed by atoms with E-state index < -0.39 is 14.4 Å². The van der Waals surface area contributed by atoms with E-state index in [1.807, 2.05) is 29.3 Å². The molecule has 0 aromatic heterocycles. The van der Waals surface area contributed by atoms with Crippen molar-refractivity contribution < 1.29 is 23.9 Å². The van der Waals surface area contributed by atoms with Crippen molar-refractivity contribution in [1.82, 2.24) is 9.96 Å². The molecule has 2 unspecified atom stereocenters. The number of methoxy groups -OCH3 is 1. The lowest BCUT2D eigenvalue weighted by Gasteiger charge is -2.42. The Hall–Kier alpha value is -1.61. The maximum Gasteiger partial charge on any atom is 0.407 e. The fourth-order valence-electron chi connectivity index (χ4n) is 2.93. The van der Waals surface area contributed by atoms with Gasteiger partial charge in [0.1, 0.15) is 5.75 Å². The highest BCUT2D eigenvalue weighted by molar-refractivity contribution is 6.74. The Bertz CT molecular complexity index is 703. The summed E-state index contributed by atoms with van der Waals surface area (Å²) in [5.41, 5.74) is 1.06. The number of rotatable bonds is 12. The Morgan fingerprint density at radius 3 is 2.09 bits per heavy atom. The molecule has 32 heavy (non-hydrogen) atoms. The zero-order chi connectivity index (χ0) is 24.7. The molecular formula is C24H44N2O5Si. The second-order valence-corrected chi connectivity index (χ2v) is 15.1. The molecule has 1 amide bonds. The average Bonchev–Trinajstić information content (AvgIpc) is 2.69. The fourth-order valence-corrected chi connectivity index (χ4v) is 4.35. The van der Waals surface area contributed by atoms with E-state index in [9.17, 15) is 9.90 Å². The predicted molar refractivity (Wildman–Crippen MR) is 132 cm³/mol. The molecule has 0 aliphatic carbocycles. The predicted octanol–water partition coefficient (Wildman–Crippen LogP) is 5.47. The van der Waals surface area contributed by atoms with E-state index in [-0.39, 0.29) is 23.1 Å². The first-order chi connectivity index (χ1) is 14.7. The molecule has 1 rings (SSSR count). The normalized spacial score (nSPS) is 14.5. The largest absolute Gasteiger partial charge is 0.497 e. The maximum absolute atomic E-state index is 11.5. The van der Waals surface area contributed by atoms with Crippen LogP contribution in [0.4, 0.5) is 4.79 Å². The number of hydrogen-bond donors (Lipinski definition) is 1. The van der Waals surface area contributed by atoms with Crippen LogP contribution in [0.15, 0.2) is 24.3 Å². The Morgan fingerprint density at radius 2 is 1.66 bits per heavy atom. The number of carbonyl (C=O) groups is 1. The quantitative estimate of drug-likeness (QED) is 0.324. The SMILES string of the molecule is COc1ccc(CON(CC(C)C(CN(C)C(=O)O)O[Si](C)(C)C(C)(C)C)C(C)C)cc1. The van der Waals surface area contributed by atoms with Crippen molar-refractivity contribution in [3.05, 3.63) is 29.8 Å². The van der Waals surface area contributed by atoms with E-state index in [1.54, 1.807) is 14.2 Å². The van der Waals surface area contributed by atoms with Crippen molar-refractivity contribution in [2.45, 2.75) is 78.4 Å². The van der Waals surface area contributed by atoms with Crippen molar-refractivity contribution in [1.29, 1.82) is 0 Å². The summed E-state index contributed by atoms with van der Waals surface area (Å²) in [5, 5.41) is 11.4. The van der Waals surface area contributed by atoms with Crippen LogP contribution in [-0.2, 0) is 15.9 Å². The summed E-state index contributed by atoms with van der Waals surface area (Å²) >= 11 is 0. The summed E-state index contributed by atoms with van der Waals surface area (Å²) < 4.78 is 11.9. The van der Waals surface area contributed by atoms with Gasteiger partial charge in [-0.15, -0.1) is 0 Å². The highest BCUT2D eigenvalue weighted by Gasteiger charge is 2.41. The number of hydroxylamine groups is 2. The maximum atomic E-state index is 11.5. The highest BCUT2D eigenvalue weighted by atomic mass is 28.4. The van der Waals surface area contributed by atoms with Crippen molar-refractivity contribution in [3.63, 3.8) is 0 Å². The Labute approximate surface area is 195 Å². The molecule has 0 bridgehead atoms. The van der Waals surface area contributed by atoms with Crippen LogP contribution in [0.2, 0.25) is 18.1 Å². The summed E-state index contributed by atoms with van der Waals surface area (Å²) in [5.74, 6) is 0.889. The molecule has 0 aliphatic rings. The lowest BCUT2D eigenvalue weighted by Crippen LogP contribution is -2.51. The Kier molecular flexibility index (Phi) is 10.7. The van der Waals surface area contributed by atoms with E-state index >= 15 is 0 Å². The average molecular weight is 469 g/mol. The molecule has 8 heteroatoms. The van der Waals surface area contributed by atoms with Crippen LogP contribution in [0.25, 0.3) is 0 Å². The fraction of sp³-hybridized carbons (Fsp3) is 0.708. The number of amides is 1. The van der Waals surface area contributed by atoms with Crippen LogP contribution in [0.5, 0.6) is 5.75 Å². The standard InChI is InChI=1S/C24H44N2O5Si/c1-18(2)26(30-17-20-11-13-21(29-8)14-12-20)15-19(3)22(16-25(7)23(27)28)31-32(9,10)24(4,5)6/h11-14,18-19,22H,15-17H2,1-10H3,(H,27,28).